The smallest absolute Gasteiger partial charge is 0.272 e. The zero-order chi connectivity index (χ0) is 14.8. The third-order valence-corrected chi connectivity index (χ3v) is 4.17. The highest BCUT2D eigenvalue weighted by atomic mass is 16.5. The van der Waals surface area contributed by atoms with Crippen molar-refractivity contribution in [2.45, 2.75) is 46.6 Å². The van der Waals surface area contributed by atoms with E-state index in [1.807, 2.05) is 24.8 Å². The Morgan fingerprint density at radius 2 is 2.00 bits per heavy atom. The maximum atomic E-state index is 12.3. The van der Waals surface area contributed by atoms with E-state index >= 15 is 0 Å². The summed E-state index contributed by atoms with van der Waals surface area (Å²) in [5.74, 6) is 0.732. The van der Waals surface area contributed by atoms with Crippen molar-refractivity contribution in [1.29, 1.82) is 0 Å². The Kier molecular flexibility index (Phi) is 4.31. The summed E-state index contributed by atoms with van der Waals surface area (Å²) >= 11 is 0. The molecule has 110 valence electrons. The molecular weight excluding hydrogens is 252 g/mol. The van der Waals surface area contributed by atoms with Crippen LogP contribution in [0.5, 0.6) is 5.75 Å². The lowest BCUT2D eigenvalue weighted by atomic mass is 9.75. The minimum Gasteiger partial charge on any atom is -0.489 e. The van der Waals surface area contributed by atoms with Gasteiger partial charge < -0.3 is 9.64 Å². The second-order valence-electron chi connectivity index (χ2n) is 5.91. The second kappa shape index (κ2) is 5.81. The molecule has 0 atom stereocenters. The summed E-state index contributed by atoms with van der Waals surface area (Å²) in [7, 11) is 0. The van der Waals surface area contributed by atoms with Crippen molar-refractivity contribution in [2.24, 2.45) is 5.41 Å². The van der Waals surface area contributed by atoms with Gasteiger partial charge in [-0.05, 0) is 38.8 Å². The molecule has 2 rings (SSSR count). The maximum Gasteiger partial charge on any atom is 0.272 e. The zero-order valence-electron chi connectivity index (χ0n) is 12.8. The lowest BCUT2D eigenvalue weighted by molar-refractivity contribution is 0.000883. The van der Waals surface area contributed by atoms with Gasteiger partial charge in [-0.25, -0.2) is 4.98 Å². The summed E-state index contributed by atoms with van der Waals surface area (Å²) in [6.07, 6.45) is 3.99. The van der Waals surface area contributed by atoms with E-state index in [2.05, 4.69) is 18.8 Å². The molecule has 0 aromatic carbocycles. The number of hydrogen-bond donors (Lipinski definition) is 0. The SMILES string of the molecule is CCC1(CC)CN(C(=O)c2ccc(OC(C)C)cn2)C1. The van der Waals surface area contributed by atoms with Crippen LogP contribution >= 0.6 is 0 Å². The molecule has 4 heteroatoms. The van der Waals surface area contributed by atoms with Gasteiger partial charge in [0.2, 0.25) is 0 Å². The highest BCUT2D eigenvalue weighted by Crippen LogP contribution is 2.37. The van der Waals surface area contributed by atoms with Crippen LogP contribution in [0, 0.1) is 5.41 Å². The number of likely N-dealkylation sites (tertiary alicyclic amines) is 1. The summed E-state index contributed by atoms with van der Waals surface area (Å²) in [4.78, 5) is 18.4. The van der Waals surface area contributed by atoms with Crippen LogP contribution in [0.3, 0.4) is 0 Å². The Labute approximate surface area is 121 Å². The minimum absolute atomic E-state index is 0.0265. The number of hydrogen-bond acceptors (Lipinski definition) is 3. The predicted octanol–water partition coefficient (Wildman–Crippen LogP) is 3.13. The van der Waals surface area contributed by atoms with Crippen LogP contribution in [0.15, 0.2) is 18.3 Å². The van der Waals surface area contributed by atoms with Gasteiger partial charge in [-0.2, -0.15) is 0 Å². The molecule has 2 heterocycles. The molecule has 0 bridgehead atoms. The second-order valence-corrected chi connectivity index (χ2v) is 5.91. The normalized spacial score (nSPS) is 16.9. The summed E-state index contributed by atoms with van der Waals surface area (Å²) in [6, 6.07) is 3.56. The highest BCUT2D eigenvalue weighted by molar-refractivity contribution is 5.93. The molecular formula is C16H24N2O2. The summed E-state index contributed by atoms with van der Waals surface area (Å²) in [6.45, 7) is 10.0. The molecule has 0 N–H and O–H groups in total. The minimum atomic E-state index is 0.0265. The standard InChI is InChI=1S/C16H24N2O2/c1-5-16(6-2)10-18(11-16)15(19)14-8-7-13(9-17-14)20-12(3)4/h7-9,12H,5-6,10-11H2,1-4H3. The van der Waals surface area contributed by atoms with Gasteiger partial charge in [0, 0.05) is 18.5 Å². The monoisotopic (exact) mass is 276 g/mol. The third-order valence-electron chi connectivity index (χ3n) is 4.17. The van der Waals surface area contributed by atoms with Gasteiger partial charge in [0.1, 0.15) is 11.4 Å². The fourth-order valence-corrected chi connectivity index (χ4v) is 2.61. The number of nitrogens with zero attached hydrogens (tertiary/aromatic N) is 2. The largest absolute Gasteiger partial charge is 0.489 e. The number of carbonyl (C=O) groups excluding carboxylic acids is 1. The Balaban J connectivity index is 1.97. The number of ether oxygens (including phenoxy) is 1. The molecule has 1 fully saturated rings. The maximum absolute atomic E-state index is 12.3. The first-order chi connectivity index (χ1) is 9.49. The molecule has 1 aromatic rings. The summed E-state index contributed by atoms with van der Waals surface area (Å²) in [5, 5.41) is 0. The van der Waals surface area contributed by atoms with E-state index in [4.69, 9.17) is 4.74 Å². The first-order valence-electron chi connectivity index (χ1n) is 7.41. The van der Waals surface area contributed by atoms with Gasteiger partial charge in [-0.1, -0.05) is 13.8 Å². The van der Waals surface area contributed by atoms with Crippen molar-refractivity contribution >= 4 is 5.91 Å². The molecule has 1 aliphatic rings. The molecule has 1 saturated heterocycles. The number of rotatable bonds is 5. The Hall–Kier alpha value is -1.58. The molecule has 0 saturated carbocycles. The zero-order valence-corrected chi connectivity index (χ0v) is 12.8. The van der Waals surface area contributed by atoms with Crippen LogP contribution < -0.4 is 4.74 Å². The average Bonchev–Trinajstić information content (AvgIpc) is 2.38. The van der Waals surface area contributed by atoms with Gasteiger partial charge >= 0.3 is 0 Å². The Morgan fingerprint density at radius 3 is 2.45 bits per heavy atom. The topological polar surface area (TPSA) is 42.4 Å². The van der Waals surface area contributed by atoms with E-state index < -0.39 is 0 Å². The molecule has 1 amide bonds. The summed E-state index contributed by atoms with van der Waals surface area (Å²) < 4.78 is 5.53. The number of aromatic nitrogens is 1. The van der Waals surface area contributed by atoms with Crippen LogP contribution in [0.4, 0.5) is 0 Å². The van der Waals surface area contributed by atoms with Gasteiger partial charge in [0.05, 0.1) is 12.3 Å². The van der Waals surface area contributed by atoms with Crippen molar-refractivity contribution in [1.82, 2.24) is 9.88 Å². The molecule has 0 aliphatic carbocycles. The quantitative estimate of drug-likeness (QED) is 0.829. The van der Waals surface area contributed by atoms with E-state index in [-0.39, 0.29) is 12.0 Å². The number of pyridine rings is 1. The van der Waals surface area contributed by atoms with Crippen LogP contribution in [0.25, 0.3) is 0 Å². The van der Waals surface area contributed by atoms with Crippen LogP contribution in [0.1, 0.15) is 51.0 Å². The number of carbonyl (C=O) groups is 1. The van der Waals surface area contributed by atoms with E-state index in [1.54, 1.807) is 12.3 Å². The average molecular weight is 276 g/mol. The van der Waals surface area contributed by atoms with Crippen LogP contribution in [-0.4, -0.2) is 35.0 Å². The van der Waals surface area contributed by atoms with E-state index in [0.717, 1.165) is 25.9 Å². The van der Waals surface area contributed by atoms with Crippen molar-refractivity contribution in [2.75, 3.05) is 13.1 Å². The first-order valence-corrected chi connectivity index (χ1v) is 7.41. The van der Waals surface area contributed by atoms with Gasteiger partial charge in [-0.3, -0.25) is 4.79 Å². The fraction of sp³-hybridized carbons (Fsp3) is 0.625. The molecule has 0 unspecified atom stereocenters. The van der Waals surface area contributed by atoms with Gasteiger partial charge in [-0.15, -0.1) is 0 Å². The predicted molar refractivity (Wildman–Crippen MR) is 78.9 cm³/mol. The Bertz CT molecular complexity index is 456. The van der Waals surface area contributed by atoms with Crippen molar-refractivity contribution < 1.29 is 9.53 Å². The third kappa shape index (κ3) is 2.94. The summed E-state index contributed by atoms with van der Waals surface area (Å²) in [5.41, 5.74) is 0.831. The van der Waals surface area contributed by atoms with E-state index in [1.165, 1.54) is 0 Å². The fourth-order valence-electron chi connectivity index (χ4n) is 2.61. The van der Waals surface area contributed by atoms with Crippen molar-refractivity contribution in [3.63, 3.8) is 0 Å². The molecule has 20 heavy (non-hydrogen) atoms. The van der Waals surface area contributed by atoms with Crippen LogP contribution in [-0.2, 0) is 0 Å². The molecule has 0 radical (unpaired) electrons. The van der Waals surface area contributed by atoms with Gasteiger partial charge in [0.25, 0.3) is 5.91 Å². The van der Waals surface area contributed by atoms with Crippen LogP contribution in [0.2, 0.25) is 0 Å². The lowest BCUT2D eigenvalue weighted by Crippen LogP contribution is -2.58. The van der Waals surface area contributed by atoms with Gasteiger partial charge in [0.15, 0.2) is 0 Å². The Morgan fingerprint density at radius 1 is 1.35 bits per heavy atom. The van der Waals surface area contributed by atoms with E-state index in [0.29, 0.717) is 16.9 Å². The number of amides is 1. The van der Waals surface area contributed by atoms with Crippen molar-refractivity contribution in [3.05, 3.63) is 24.0 Å². The van der Waals surface area contributed by atoms with Crippen molar-refractivity contribution in [3.8, 4) is 5.75 Å². The molecule has 1 aliphatic heterocycles. The first kappa shape index (κ1) is 14.8. The molecule has 1 aromatic heterocycles. The highest BCUT2D eigenvalue weighted by Gasteiger charge is 2.42. The lowest BCUT2D eigenvalue weighted by Gasteiger charge is -2.49. The van der Waals surface area contributed by atoms with E-state index in [9.17, 15) is 4.79 Å². The molecule has 0 spiro atoms. The molecule has 4 nitrogen and oxygen atoms in total.